The van der Waals surface area contributed by atoms with E-state index in [4.69, 9.17) is 0 Å². The summed E-state index contributed by atoms with van der Waals surface area (Å²) in [5, 5.41) is 0. The Morgan fingerprint density at radius 1 is 0.438 bits per heavy atom. The molecule has 0 aromatic heterocycles. The minimum Gasteiger partial charge on any atom is -0.0878 e. The van der Waals surface area contributed by atoms with E-state index in [9.17, 15) is 0 Å². The van der Waals surface area contributed by atoms with Gasteiger partial charge in [0.2, 0.25) is 0 Å². The number of fused-ring (bicyclic) bond motifs is 3. The molecule has 4 fully saturated rings. The summed E-state index contributed by atoms with van der Waals surface area (Å²) in [4.78, 5) is 2.76. The second kappa shape index (κ2) is 4.79. The average molecular weight is 480 g/mol. The predicted octanol–water partition coefficient (Wildman–Crippen LogP) is 5.11. The molecule has 4 aliphatic rings. The smallest absolute Gasteiger partial charge is 0.0274 e. The minimum absolute atomic E-state index is 0.690. The zero-order valence-corrected chi connectivity index (χ0v) is 15.3. The van der Waals surface area contributed by atoms with Gasteiger partial charge in [-0.2, -0.15) is 0 Å². The van der Waals surface area contributed by atoms with Gasteiger partial charge in [0, 0.05) is 19.3 Å². The molecule has 0 nitrogen and oxygen atoms in total. The molecule has 0 N–H and O–H groups in total. The summed E-state index contributed by atoms with van der Waals surface area (Å²) in [6, 6.07) is 0. The first-order valence-electron chi connectivity index (χ1n) is 6.14. The van der Waals surface area contributed by atoms with Gasteiger partial charge in [-0.15, -0.1) is 0 Å². The third-order valence-electron chi connectivity index (χ3n) is 4.97. The molecule has 4 aliphatic carbocycles. The minimum atomic E-state index is 0.690. The molecule has 4 saturated carbocycles. The van der Waals surface area contributed by atoms with Crippen LogP contribution >= 0.6 is 63.7 Å². The van der Waals surface area contributed by atoms with Gasteiger partial charge in [-0.3, -0.25) is 0 Å². The highest BCUT2D eigenvalue weighted by atomic mass is 79.9. The molecule has 0 aromatic rings. The van der Waals surface area contributed by atoms with Crippen molar-refractivity contribution < 1.29 is 0 Å². The first-order chi connectivity index (χ1) is 7.58. The SMILES string of the molecule is BrC1CC2C3CC(Br)C(Br)CC2C3CC1Br. The van der Waals surface area contributed by atoms with Crippen molar-refractivity contribution in [3.05, 3.63) is 0 Å². The zero-order valence-electron chi connectivity index (χ0n) is 8.96. The molecule has 4 unspecified atom stereocenters. The number of halogens is 4. The van der Waals surface area contributed by atoms with Crippen molar-refractivity contribution in [3.63, 3.8) is 0 Å². The Bertz CT molecular complexity index is 218. The molecule has 0 amide bonds. The molecule has 4 heteroatoms. The summed E-state index contributed by atoms with van der Waals surface area (Å²) in [5.41, 5.74) is 0. The van der Waals surface area contributed by atoms with E-state index in [2.05, 4.69) is 63.7 Å². The fourth-order valence-corrected chi connectivity index (χ4v) is 6.74. The Balaban J connectivity index is 1.83. The maximum atomic E-state index is 3.86. The van der Waals surface area contributed by atoms with Gasteiger partial charge in [-0.1, -0.05) is 63.7 Å². The fraction of sp³-hybridized carbons (Fsp3) is 1.00. The third kappa shape index (κ3) is 2.02. The van der Waals surface area contributed by atoms with Crippen LogP contribution in [0.25, 0.3) is 0 Å². The van der Waals surface area contributed by atoms with Crippen molar-refractivity contribution in [2.24, 2.45) is 23.7 Å². The standard InChI is InChI=1S/C12H16Br4/c13-9-1-5-6-2-11(15)12(16)3-7(5)8(6)4-10(9)14/h5-12H,1-4H2. The van der Waals surface area contributed by atoms with Crippen LogP contribution in [-0.4, -0.2) is 19.3 Å². The lowest BCUT2D eigenvalue weighted by Gasteiger charge is -2.50. The molecule has 0 spiro atoms. The van der Waals surface area contributed by atoms with E-state index in [1.807, 2.05) is 0 Å². The summed E-state index contributed by atoms with van der Waals surface area (Å²) < 4.78 is 0. The van der Waals surface area contributed by atoms with Crippen LogP contribution < -0.4 is 0 Å². The van der Waals surface area contributed by atoms with E-state index in [1.54, 1.807) is 0 Å². The highest BCUT2D eigenvalue weighted by Crippen LogP contribution is 2.61. The van der Waals surface area contributed by atoms with E-state index >= 15 is 0 Å². The van der Waals surface area contributed by atoms with Gasteiger partial charge in [0.05, 0.1) is 0 Å². The third-order valence-corrected chi connectivity index (χ3v) is 10.4. The summed E-state index contributed by atoms with van der Waals surface area (Å²) in [6.45, 7) is 0. The zero-order chi connectivity index (χ0) is 11.4. The number of rotatable bonds is 0. The fourth-order valence-electron chi connectivity index (χ4n) is 4.15. The number of hydrogen-bond acceptors (Lipinski definition) is 0. The first kappa shape index (κ1) is 12.9. The van der Waals surface area contributed by atoms with E-state index in [1.165, 1.54) is 25.7 Å². The van der Waals surface area contributed by atoms with Crippen molar-refractivity contribution in [1.29, 1.82) is 0 Å². The lowest BCUT2D eigenvalue weighted by atomic mass is 9.55. The van der Waals surface area contributed by atoms with E-state index in [-0.39, 0.29) is 0 Å². The summed E-state index contributed by atoms with van der Waals surface area (Å²) in [5.74, 6) is 3.94. The largest absolute Gasteiger partial charge is 0.0878 e. The first-order valence-corrected chi connectivity index (χ1v) is 9.80. The Morgan fingerprint density at radius 2 is 0.625 bits per heavy atom. The van der Waals surface area contributed by atoms with E-state index in [0.717, 1.165) is 23.7 Å². The molecular weight excluding hydrogens is 464 g/mol. The lowest BCUT2D eigenvalue weighted by molar-refractivity contribution is -0.0118. The Labute approximate surface area is 131 Å². The van der Waals surface area contributed by atoms with Gasteiger partial charge >= 0.3 is 0 Å². The van der Waals surface area contributed by atoms with Gasteiger partial charge in [-0.25, -0.2) is 0 Å². The van der Waals surface area contributed by atoms with Gasteiger partial charge < -0.3 is 0 Å². The van der Waals surface area contributed by atoms with Crippen LogP contribution in [0, 0.1) is 23.7 Å². The van der Waals surface area contributed by atoms with Gasteiger partial charge in [0.1, 0.15) is 0 Å². The molecule has 0 aliphatic heterocycles. The molecule has 0 saturated heterocycles. The van der Waals surface area contributed by atoms with Crippen molar-refractivity contribution in [1.82, 2.24) is 0 Å². The van der Waals surface area contributed by atoms with Crippen molar-refractivity contribution >= 4 is 63.7 Å². The van der Waals surface area contributed by atoms with Crippen molar-refractivity contribution in [3.8, 4) is 0 Å². The topological polar surface area (TPSA) is 0 Å². The van der Waals surface area contributed by atoms with Crippen LogP contribution in [0.1, 0.15) is 25.7 Å². The summed E-state index contributed by atoms with van der Waals surface area (Å²) in [7, 11) is 0. The highest BCUT2D eigenvalue weighted by Gasteiger charge is 2.56. The van der Waals surface area contributed by atoms with Gasteiger partial charge in [-0.05, 0) is 49.4 Å². The maximum Gasteiger partial charge on any atom is 0.0274 e. The summed E-state index contributed by atoms with van der Waals surface area (Å²) >= 11 is 15.5. The van der Waals surface area contributed by atoms with Crippen LogP contribution in [0.4, 0.5) is 0 Å². The van der Waals surface area contributed by atoms with Gasteiger partial charge in [0.15, 0.2) is 0 Å². The highest BCUT2D eigenvalue weighted by molar-refractivity contribution is 9.12. The second-order valence-corrected chi connectivity index (χ2v) is 10.4. The van der Waals surface area contributed by atoms with Crippen LogP contribution in [0.5, 0.6) is 0 Å². The molecular formula is C12H16Br4. The predicted molar refractivity (Wildman–Crippen MR) is 83.3 cm³/mol. The van der Waals surface area contributed by atoms with E-state index < -0.39 is 0 Å². The number of alkyl halides is 4. The normalized spacial score (nSPS) is 60.8. The van der Waals surface area contributed by atoms with Crippen LogP contribution in [0.2, 0.25) is 0 Å². The Hall–Kier alpha value is 1.92. The van der Waals surface area contributed by atoms with Crippen LogP contribution in [-0.2, 0) is 0 Å². The molecule has 16 heavy (non-hydrogen) atoms. The molecule has 4 bridgehead atoms. The molecule has 4 atom stereocenters. The quantitative estimate of drug-likeness (QED) is 0.424. The molecule has 0 aromatic carbocycles. The molecule has 0 radical (unpaired) electrons. The number of hydrogen-bond donors (Lipinski definition) is 0. The Morgan fingerprint density at radius 3 is 0.812 bits per heavy atom. The molecule has 4 rings (SSSR count). The molecule has 0 heterocycles. The van der Waals surface area contributed by atoms with Gasteiger partial charge in [0.25, 0.3) is 0 Å². The van der Waals surface area contributed by atoms with Crippen LogP contribution in [0.3, 0.4) is 0 Å². The molecule has 92 valence electrons. The summed E-state index contributed by atoms with van der Waals surface area (Å²) in [6.07, 6.45) is 5.50. The van der Waals surface area contributed by atoms with Crippen molar-refractivity contribution in [2.75, 3.05) is 0 Å². The maximum absolute atomic E-state index is 3.86. The lowest BCUT2D eigenvalue weighted by Crippen LogP contribution is -2.44. The van der Waals surface area contributed by atoms with Crippen LogP contribution in [0.15, 0.2) is 0 Å². The average Bonchev–Trinajstić information content (AvgIpc) is 2.55. The van der Waals surface area contributed by atoms with E-state index in [0.29, 0.717) is 19.3 Å². The van der Waals surface area contributed by atoms with Crippen molar-refractivity contribution in [2.45, 2.75) is 45.0 Å². The Kier molecular flexibility index (Phi) is 3.87. The monoisotopic (exact) mass is 476 g/mol. The second-order valence-electron chi connectivity index (χ2n) is 5.66.